The van der Waals surface area contributed by atoms with E-state index in [2.05, 4.69) is 73.1 Å². The molecule has 46 heteroatoms. The van der Waals surface area contributed by atoms with Crippen LogP contribution in [0.5, 0.6) is 5.75 Å². The lowest BCUT2D eigenvalue weighted by Gasteiger charge is -2.36. The number of aromatic amines is 3. The van der Waals surface area contributed by atoms with Crippen LogP contribution < -0.4 is 75.1 Å². The van der Waals surface area contributed by atoms with E-state index in [0.717, 1.165) is 24.5 Å². The van der Waals surface area contributed by atoms with Gasteiger partial charge in [-0.2, -0.15) is 0 Å². The molecule has 15 atom stereocenters. The number of H-pyrrole nitrogens is 3. The second kappa shape index (κ2) is 51.8. The lowest BCUT2D eigenvalue weighted by Crippen LogP contribution is -2.61. The Balaban J connectivity index is 1.12. The number of primary amides is 2. The monoisotopic (exact) mass is 1940 g/mol. The first kappa shape index (κ1) is 108. The number of methoxy groups -OCH3 is 1. The summed E-state index contributed by atoms with van der Waals surface area (Å²) in [5.41, 5.74) is 19.9. The molecule has 748 valence electrons. The standard InChI is InChI=1S/C92H126N22O23S/c1-8-10-24-70-85(129)102-61(31-32-77(119)120)81(125)109-69(80(124)99-45-75(95)117)47-138-48-76(118)101-66(35-51-27-29-56(137-7)30-28-51)88(132)110(4)50(3)79(123)107-68(40-74(94)116)91(135)113-34-18-26-71(113)86(130)106-64(38-54-44-96-49-100-54)83(127)103-62(23-16-17-33-93)90(134)114-46-55(115)39-73(114)87(131)105-63(36-52-42-97-59-21-14-12-19-57(52)59)82(126)104-65(41-78(121)122)84(128)108-67(37-53-43-98-60-22-15-13-20-58(53)60)89(133)112(6)72(25-11-9-2)92(136)111(70)5/h12-15,19-22,27-30,42-44,49-50,55,61-73,97-98,115H,8-11,16-18,23-26,31-41,45-48,93H2,1-7H3,(H2,94,116)(H2,95,117)(H,96,100)(H,99,124)(H,101,118)(H,102,129)(H,103,127)(H,104,126)(H,105,131)(H,106,130)(H,107,123)(H,108,128)(H,109,125)(H,119,120)(H,121,122)/t50-,55+,61-,62-,63-,64-,65-,66-,67-,68+,69-,70-,71-,72-,73-/m0/s1. The Morgan fingerprint density at radius 1 is 0.522 bits per heavy atom. The zero-order valence-corrected chi connectivity index (χ0v) is 78.9. The van der Waals surface area contributed by atoms with Gasteiger partial charge in [0.1, 0.15) is 90.3 Å². The van der Waals surface area contributed by atoms with Crippen molar-refractivity contribution in [1.29, 1.82) is 0 Å². The quantitative estimate of drug-likeness (QED) is 0.0217. The number of amides is 17. The normalized spacial score (nSPS) is 24.4. The smallest absolute Gasteiger partial charge is 0.305 e. The van der Waals surface area contributed by atoms with E-state index in [9.17, 15) is 68.1 Å². The minimum atomic E-state index is -2.08. The van der Waals surface area contributed by atoms with Crippen LogP contribution in [-0.4, -0.2) is 329 Å². The fourth-order valence-corrected chi connectivity index (χ4v) is 17.8. The Hall–Kier alpha value is -14.1. The molecule has 3 aliphatic heterocycles. The minimum Gasteiger partial charge on any atom is -0.497 e. The molecule has 0 bridgehead atoms. The number of carboxylic acid groups (broad SMARTS) is 2. The van der Waals surface area contributed by atoms with Crippen molar-refractivity contribution in [2.75, 3.05) is 65.9 Å². The Bertz CT molecular complexity index is 5340. The average Bonchev–Trinajstić information content (AvgIpc) is 1.62. The lowest BCUT2D eigenvalue weighted by molar-refractivity contribution is -0.149. The molecule has 3 aromatic heterocycles. The number of benzene rings is 3. The number of carboxylic acids is 2. The van der Waals surface area contributed by atoms with Crippen molar-refractivity contribution in [2.24, 2.45) is 17.2 Å². The number of carbonyl (C=O) groups is 19. The van der Waals surface area contributed by atoms with Crippen LogP contribution in [0.1, 0.15) is 146 Å². The summed E-state index contributed by atoms with van der Waals surface area (Å²) in [5.74, 6) is -20.9. The molecule has 138 heavy (non-hydrogen) atoms. The number of imidazole rings is 1. The van der Waals surface area contributed by atoms with Gasteiger partial charge in [-0.3, -0.25) is 91.1 Å². The maximum atomic E-state index is 15.8. The van der Waals surface area contributed by atoms with Gasteiger partial charge in [0.25, 0.3) is 0 Å². The zero-order chi connectivity index (χ0) is 101. The molecule has 3 aromatic carbocycles. The van der Waals surface area contributed by atoms with Crippen LogP contribution in [0.4, 0.5) is 0 Å². The number of nitrogens with two attached hydrogens (primary N) is 3. The molecular weight excluding hydrogens is 1810 g/mol. The first-order valence-electron chi connectivity index (χ1n) is 45.9. The van der Waals surface area contributed by atoms with E-state index in [1.54, 1.807) is 99.0 Å². The topological polar surface area (TPSA) is 669 Å². The molecule has 0 radical (unpaired) electrons. The van der Waals surface area contributed by atoms with Crippen molar-refractivity contribution in [3.8, 4) is 5.75 Å². The van der Waals surface area contributed by atoms with Crippen LogP contribution >= 0.6 is 11.8 Å². The Kier molecular flexibility index (Phi) is 40.4. The molecule has 6 heterocycles. The van der Waals surface area contributed by atoms with Gasteiger partial charge in [0.2, 0.25) is 100 Å². The third-order valence-corrected chi connectivity index (χ3v) is 25.7. The van der Waals surface area contributed by atoms with E-state index in [-0.39, 0.29) is 89.4 Å². The Labute approximate surface area is 799 Å². The highest BCUT2D eigenvalue weighted by atomic mass is 32.2. The highest BCUT2D eigenvalue weighted by Gasteiger charge is 2.47. The predicted molar refractivity (Wildman–Crippen MR) is 501 cm³/mol. The third-order valence-electron chi connectivity index (χ3n) is 24.6. The maximum Gasteiger partial charge on any atom is 0.305 e. The van der Waals surface area contributed by atoms with Crippen LogP contribution in [0.15, 0.2) is 97.7 Å². The summed E-state index contributed by atoms with van der Waals surface area (Å²) < 4.78 is 5.34. The minimum absolute atomic E-state index is 0.0405. The number of rotatable bonds is 29. The molecule has 3 fully saturated rings. The number of aliphatic carboxylic acids is 2. The van der Waals surface area contributed by atoms with E-state index >= 15 is 38.4 Å². The van der Waals surface area contributed by atoms with Crippen LogP contribution in [-0.2, 0) is 117 Å². The summed E-state index contributed by atoms with van der Waals surface area (Å²) in [4.78, 5) is 295. The zero-order valence-electron chi connectivity index (χ0n) is 78.1. The molecule has 22 N–H and O–H groups in total. The summed E-state index contributed by atoms with van der Waals surface area (Å²) in [6, 6.07) is -2.97. The van der Waals surface area contributed by atoms with Crippen molar-refractivity contribution in [3.05, 3.63) is 120 Å². The molecule has 3 saturated heterocycles. The number of aliphatic hydroxyl groups excluding tert-OH is 1. The van der Waals surface area contributed by atoms with Gasteiger partial charge in [-0.1, -0.05) is 88.1 Å². The average molecular weight is 1940 g/mol. The SMILES string of the molecule is CCCC[C@H]1C(=O)N(C)[C@@H](CCCC)C(=O)N[C@@H](CCC(=O)O)C(=O)N[C@H](C(=O)NCC(N)=O)CSCC(=O)N[C@@H](Cc2ccc(OC)cc2)C(=O)N(C)[C@@H](C)C(=O)N[C@H](CC(N)=O)C(=O)N2CCC[C@H]2C(=O)N[C@@H](Cc2cnc[nH]2)C(=O)N[C@@H](CCCCN)C(=O)N2C[C@H](O)C[C@H]2C(=O)N[C@@H](Cc2c[nH]c3ccccc23)C(=O)N[C@@H](CC(=O)O)C(=O)N[C@@H](Cc2c[nH]c3ccccc23)C(=O)N1C. The fraction of sp³-hybridized carbons (Fsp3) is 0.522. The third kappa shape index (κ3) is 30.0. The first-order chi connectivity index (χ1) is 65.8. The molecular formula is C92H126N22O23S. The van der Waals surface area contributed by atoms with Crippen LogP contribution in [0.3, 0.4) is 0 Å². The van der Waals surface area contributed by atoms with Crippen molar-refractivity contribution in [3.63, 3.8) is 0 Å². The van der Waals surface area contributed by atoms with Crippen molar-refractivity contribution in [2.45, 2.75) is 240 Å². The summed E-state index contributed by atoms with van der Waals surface area (Å²) in [6.07, 6.45) is 0.812. The number of para-hydroxylation sites is 2. The number of fused-ring (bicyclic) bond motifs is 4. The largest absolute Gasteiger partial charge is 0.497 e. The van der Waals surface area contributed by atoms with Crippen molar-refractivity contribution < 1.29 is 111 Å². The number of unbranched alkanes of at least 4 members (excludes halogenated alkanes) is 3. The fourth-order valence-electron chi connectivity index (χ4n) is 16.9. The number of hydrogen-bond acceptors (Lipinski definition) is 24. The van der Waals surface area contributed by atoms with E-state index in [0.29, 0.717) is 75.3 Å². The van der Waals surface area contributed by atoms with Gasteiger partial charge in [0, 0.05) is 125 Å². The Morgan fingerprint density at radius 2 is 1.07 bits per heavy atom. The number of nitrogens with one attached hydrogen (secondary N) is 13. The molecule has 17 amide bonds. The van der Waals surface area contributed by atoms with E-state index < -0.39 is 266 Å². The van der Waals surface area contributed by atoms with Gasteiger partial charge in [-0.25, -0.2) is 4.98 Å². The second-order valence-electron chi connectivity index (χ2n) is 34.7. The number of aromatic nitrogens is 4. The molecule has 0 spiro atoms. The van der Waals surface area contributed by atoms with Crippen LogP contribution in [0, 0.1) is 0 Å². The molecule has 9 rings (SSSR count). The molecule has 45 nitrogen and oxygen atoms in total. The highest BCUT2D eigenvalue weighted by Crippen LogP contribution is 2.28. The van der Waals surface area contributed by atoms with Gasteiger partial charge in [0.15, 0.2) is 0 Å². The summed E-state index contributed by atoms with van der Waals surface area (Å²) in [5, 5.41) is 59.2. The van der Waals surface area contributed by atoms with Gasteiger partial charge in [-0.15, -0.1) is 11.8 Å². The molecule has 3 aliphatic rings. The first-order valence-corrected chi connectivity index (χ1v) is 47.1. The molecule has 6 aromatic rings. The maximum absolute atomic E-state index is 15.8. The predicted octanol–water partition coefficient (Wildman–Crippen LogP) is -2.46. The summed E-state index contributed by atoms with van der Waals surface area (Å²) in [7, 11) is 5.18. The number of carbonyl (C=O) groups excluding carboxylic acids is 17. The van der Waals surface area contributed by atoms with Crippen molar-refractivity contribution >= 4 is 146 Å². The number of hydrogen-bond donors (Lipinski definition) is 19. The van der Waals surface area contributed by atoms with E-state index in [1.165, 1.54) is 47.7 Å². The molecule has 0 aliphatic carbocycles. The van der Waals surface area contributed by atoms with Crippen LogP contribution in [0.25, 0.3) is 21.8 Å². The number of ether oxygens (including phenoxy) is 1. The Morgan fingerprint density at radius 3 is 1.66 bits per heavy atom. The number of thioether (sulfide) groups is 1. The van der Waals surface area contributed by atoms with Crippen molar-refractivity contribution in [1.82, 2.24) is 97.6 Å². The van der Waals surface area contributed by atoms with Gasteiger partial charge >= 0.3 is 11.9 Å². The number of aliphatic hydroxyl groups is 1. The molecule has 0 unspecified atom stereocenters. The second-order valence-corrected chi connectivity index (χ2v) is 35.7. The van der Waals surface area contributed by atoms with Crippen LogP contribution in [0.2, 0.25) is 0 Å². The highest BCUT2D eigenvalue weighted by molar-refractivity contribution is 8.00. The van der Waals surface area contributed by atoms with E-state index in [4.69, 9.17) is 21.9 Å². The number of likely N-dealkylation sites (N-methyl/N-ethyl adjacent to an activating group) is 3. The number of nitrogens with zero attached hydrogens (tertiary/aromatic N) is 6. The van der Waals surface area contributed by atoms with Gasteiger partial charge in [0.05, 0.1) is 44.7 Å². The van der Waals surface area contributed by atoms with E-state index in [1.807, 2.05) is 0 Å². The summed E-state index contributed by atoms with van der Waals surface area (Å²) in [6.45, 7) is 3.54. The summed E-state index contributed by atoms with van der Waals surface area (Å²) >= 11 is 0.714. The lowest BCUT2D eigenvalue weighted by atomic mass is 9.99. The van der Waals surface area contributed by atoms with Gasteiger partial charge in [-0.05, 0) is 106 Å². The van der Waals surface area contributed by atoms with Gasteiger partial charge < -0.3 is 130 Å². The molecule has 0 saturated carbocycles.